The summed E-state index contributed by atoms with van der Waals surface area (Å²) in [6.07, 6.45) is -3.86. The van der Waals surface area contributed by atoms with E-state index in [9.17, 15) is 22.8 Å². The van der Waals surface area contributed by atoms with Gasteiger partial charge in [0, 0.05) is 17.7 Å². The van der Waals surface area contributed by atoms with Gasteiger partial charge in [-0.15, -0.1) is 6.58 Å². The second kappa shape index (κ2) is 7.54. The first-order valence-corrected chi connectivity index (χ1v) is 8.74. The number of hydrogen-bond acceptors (Lipinski definition) is 3. The highest BCUT2D eigenvalue weighted by Crippen LogP contribution is 2.38. The molecule has 1 aliphatic heterocycles. The minimum Gasteiger partial charge on any atom is -0.312 e. The van der Waals surface area contributed by atoms with Gasteiger partial charge in [0.2, 0.25) is 0 Å². The highest BCUT2D eigenvalue weighted by atomic mass is 19.4. The van der Waals surface area contributed by atoms with Gasteiger partial charge in [0.05, 0.1) is 0 Å². The third-order valence-electron chi connectivity index (χ3n) is 4.52. The fourth-order valence-corrected chi connectivity index (χ4v) is 3.06. The second-order valence-electron chi connectivity index (χ2n) is 6.48. The Kier molecular flexibility index (Phi) is 5.28. The molecule has 1 N–H and O–H groups in total. The van der Waals surface area contributed by atoms with E-state index in [1.54, 1.807) is 37.3 Å². The third-order valence-corrected chi connectivity index (χ3v) is 4.52. The number of benzene rings is 2. The van der Waals surface area contributed by atoms with Crippen LogP contribution < -0.4 is 5.32 Å². The first-order valence-electron chi connectivity index (χ1n) is 8.74. The van der Waals surface area contributed by atoms with Crippen LogP contribution in [0.25, 0.3) is 0 Å². The Morgan fingerprint density at radius 3 is 2.38 bits per heavy atom. The van der Waals surface area contributed by atoms with Crippen LogP contribution in [0.3, 0.4) is 0 Å². The molecule has 2 aromatic carbocycles. The predicted molar refractivity (Wildman–Crippen MR) is 102 cm³/mol. The predicted octanol–water partition coefficient (Wildman–Crippen LogP) is 3.46. The van der Waals surface area contributed by atoms with Crippen molar-refractivity contribution in [3.63, 3.8) is 0 Å². The molecule has 2 amide bonds. The molecule has 0 unspecified atom stereocenters. The number of hydrogen-bond donors (Lipinski definition) is 1. The van der Waals surface area contributed by atoms with Gasteiger partial charge in [0.1, 0.15) is 5.84 Å². The van der Waals surface area contributed by atoms with Gasteiger partial charge in [-0.05, 0) is 18.6 Å². The number of carbonyl (C=O) groups is 2. The monoisotopic (exact) mass is 401 g/mol. The third kappa shape index (κ3) is 3.53. The standard InChI is InChI=1S/C21H18F3N3O2/c1-3-13-27-17(15-10-5-4-6-11-15)25-20(19(27)29,21(22,23)24)26-18(28)16-12-8-7-9-14(16)2/h3-12H,1,13H2,2H3,(H,26,28)/t20-/m0/s1. The maximum absolute atomic E-state index is 14.2. The summed E-state index contributed by atoms with van der Waals surface area (Å²) in [5, 5.41) is 1.85. The van der Waals surface area contributed by atoms with Crippen molar-refractivity contribution in [3.05, 3.63) is 83.9 Å². The maximum atomic E-state index is 14.2. The van der Waals surface area contributed by atoms with Crippen molar-refractivity contribution < 1.29 is 22.8 Å². The Morgan fingerprint density at radius 2 is 1.79 bits per heavy atom. The van der Waals surface area contributed by atoms with E-state index in [-0.39, 0.29) is 17.9 Å². The van der Waals surface area contributed by atoms with E-state index in [0.717, 1.165) is 4.90 Å². The van der Waals surface area contributed by atoms with Crippen LogP contribution in [0.5, 0.6) is 0 Å². The van der Waals surface area contributed by atoms with Gasteiger partial charge in [0.15, 0.2) is 0 Å². The number of halogens is 3. The van der Waals surface area contributed by atoms with Crippen LogP contribution in [0.2, 0.25) is 0 Å². The fraction of sp³-hybridized carbons (Fsp3) is 0.190. The molecule has 1 atom stereocenters. The lowest BCUT2D eigenvalue weighted by Crippen LogP contribution is -2.63. The first kappa shape index (κ1) is 20.3. The van der Waals surface area contributed by atoms with E-state index in [2.05, 4.69) is 11.6 Å². The van der Waals surface area contributed by atoms with Crippen LogP contribution in [0, 0.1) is 6.92 Å². The largest absolute Gasteiger partial charge is 0.442 e. The molecule has 1 heterocycles. The number of rotatable bonds is 5. The molecule has 0 radical (unpaired) electrons. The highest BCUT2D eigenvalue weighted by molar-refractivity contribution is 6.17. The van der Waals surface area contributed by atoms with E-state index in [1.165, 1.54) is 30.3 Å². The molecule has 0 aliphatic carbocycles. The Bertz CT molecular complexity index is 986. The summed E-state index contributed by atoms with van der Waals surface area (Å²) in [5.41, 5.74) is -2.59. The van der Waals surface area contributed by atoms with Gasteiger partial charge in [-0.1, -0.05) is 54.6 Å². The van der Waals surface area contributed by atoms with Crippen LogP contribution >= 0.6 is 0 Å². The zero-order valence-electron chi connectivity index (χ0n) is 15.5. The Morgan fingerprint density at radius 1 is 1.17 bits per heavy atom. The van der Waals surface area contributed by atoms with E-state index < -0.39 is 23.7 Å². The molecule has 0 fully saturated rings. The number of alkyl halides is 3. The average molecular weight is 401 g/mol. The van der Waals surface area contributed by atoms with Crippen LogP contribution in [-0.2, 0) is 4.79 Å². The van der Waals surface area contributed by atoms with Crippen molar-refractivity contribution in [2.24, 2.45) is 4.99 Å². The van der Waals surface area contributed by atoms with Crippen molar-refractivity contribution in [1.82, 2.24) is 10.2 Å². The molecule has 8 heteroatoms. The molecule has 3 rings (SSSR count). The minimum absolute atomic E-state index is 0.0301. The van der Waals surface area contributed by atoms with Gasteiger partial charge >= 0.3 is 11.8 Å². The van der Waals surface area contributed by atoms with Crippen molar-refractivity contribution in [2.75, 3.05) is 6.54 Å². The van der Waals surface area contributed by atoms with Crippen molar-refractivity contribution >= 4 is 17.6 Å². The number of nitrogens with zero attached hydrogens (tertiary/aromatic N) is 2. The topological polar surface area (TPSA) is 61.8 Å². The SMILES string of the molecule is C=CCN1C(=O)[C@](NC(=O)c2ccccc2C)(C(F)(F)F)N=C1c1ccccc1. The van der Waals surface area contributed by atoms with Crippen LogP contribution in [0.1, 0.15) is 21.5 Å². The summed E-state index contributed by atoms with van der Waals surface area (Å²) in [6.45, 7) is 4.90. The number of carbonyl (C=O) groups excluding carboxylic acids is 2. The zero-order chi connectivity index (χ0) is 21.2. The highest BCUT2D eigenvalue weighted by Gasteiger charge is 2.67. The Balaban J connectivity index is 2.13. The number of amidine groups is 1. The molecular weight excluding hydrogens is 383 g/mol. The normalized spacial score (nSPS) is 19.1. The first-order chi connectivity index (χ1) is 13.7. The van der Waals surface area contributed by atoms with Gasteiger partial charge < -0.3 is 5.32 Å². The number of aliphatic imine (C=N–C) groups is 1. The lowest BCUT2D eigenvalue weighted by Gasteiger charge is -2.29. The van der Waals surface area contributed by atoms with E-state index >= 15 is 0 Å². The fourth-order valence-electron chi connectivity index (χ4n) is 3.06. The Labute approximate surface area is 165 Å². The summed E-state index contributed by atoms with van der Waals surface area (Å²) in [7, 11) is 0. The Hall–Kier alpha value is -3.42. The molecule has 29 heavy (non-hydrogen) atoms. The van der Waals surface area contributed by atoms with E-state index in [0.29, 0.717) is 11.1 Å². The molecule has 0 saturated carbocycles. The van der Waals surface area contributed by atoms with Gasteiger partial charge in [-0.25, -0.2) is 4.99 Å². The van der Waals surface area contributed by atoms with Crippen molar-refractivity contribution in [2.45, 2.75) is 18.8 Å². The number of aryl methyl sites for hydroxylation is 1. The lowest BCUT2D eigenvalue weighted by molar-refractivity contribution is -0.196. The lowest BCUT2D eigenvalue weighted by atomic mass is 10.1. The molecule has 0 aromatic heterocycles. The smallest absolute Gasteiger partial charge is 0.312 e. The number of amides is 2. The zero-order valence-corrected chi connectivity index (χ0v) is 15.5. The average Bonchev–Trinajstić information content (AvgIpc) is 2.96. The van der Waals surface area contributed by atoms with E-state index in [4.69, 9.17) is 0 Å². The summed E-state index contributed by atoms with van der Waals surface area (Å²) in [4.78, 5) is 30.2. The molecule has 0 saturated heterocycles. The molecule has 0 bridgehead atoms. The molecule has 0 spiro atoms. The van der Waals surface area contributed by atoms with Crippen LogP contribution in [-0.4, -0.2) is 40.9 Å². The van der Waals surface area contributed by atoms with Gasteiger partial charge in [0.25, 0.3) is 11.8 Å². The maximum Gasteiger partial charge on any atom is 0.442 e. The van der Waals surface area contributed by atoms with Crippen LogP contribution in [0.4, 0.5) is 13.2 Å². The summed E-state index contributed by atoms with van der Waals surface area (Å²) >= 11 is 0. The summed E-state index contributed by atoms with van der Waals surface area (Å²) in [6, 6.07) is 14.2. The molecular formula is C21H18F3N3O2. The van der Waals surface area contributed by atoms with Crippen molar-refractivity contribution in [1.29, 1.82) is 0 Å². The van der Waals surface area contributed by atoms with Crippen LogP contribution in [0.15, 0.2) is 72.2 Å². The summed E-state index contributed by atoms with van der Waals surface area (Å²) in [5.74, 6) is -2.60. The molecule has 2 aromatic rings. The minimum atomic E-state index is -5.15. The van der Waals surface area contributed by atoms with Gasteiger partial charge in [-0.3, -0.25) is 14.5 Å². The number of nitrogens with one attached hydrogen (secondary N) is 1. The quantitative estimate of drug-likeness (QED) is 0.780. The molecule has 5 nitrogen and oxygen atoms in total. The van der Waals surface area contributed by atoms with E-state index in [1.807, 2.05) is 5.32 Å². The molecule has 150 valence electrons. The van der Waals surface area contributed by atoms with Gasteiger partial charge in [-0.2, -0.15) is 13.2 Å². The van der Waals surface area contributed by atoms with Crippen molar-refractivity contribution in [3.8, 4) is 0 Å². The summed E-state index contributed by atoms with van der Waals surface area (Å²) < 4.78 is 42.5. The molecule has 1 aliphatic rings. The second-order valence-corrected chi connectivity index (χ2v) is 6.48.